The van der Waals surface area contributed by atoms with Crippen LogP contribution in [-0.4, -0.2) is 16.7 Å². The zero-order valence-corrected chi connectivity index (χ0v) is 9.49. The van der Waals surface area contributed by atoms with Gasteiger partial charge in [0.05, 0.1) is 13.2 Å². The minimum absolute atomic E-state index is 0.0540. The highest BCUT2D eigenvalue weighted by atomic mass is 16.5. The summed E-state index contributed by atoms with van der Waals surface area (Å²) < 4.78 is 5.63. The Hall–Kier alpha value is -1.48. The molecule has 86 valence electrons. The van der Waals surface area contributed by atoms with Gasteiger partial charge in [0.25, 0.3) is 0 Å². The topological polar surface area (TPSA) is 45.2 Å². The lowest BCUT2D eigenvalue weighted by Gasteiger charge is -2.05. The van der Waals surface area contributed by atoms with Gasteiger partial charge in [-0.15, -0.1) is 0 Å². The van der Waals surface area contributed by atoms with Crippen LogP contribution < -0.4 is 4.74 Å². The van der Waals surface area contributed by atoms with E-state index in [0.29, 0.717) is 0 Å². The molecule has 2 rings (SSSR count). The van der Waals surface area contributed by atoms with Crippen LogP contribution in [0.1, 0.15) is 25.3 Å². The second-order valence-corrected chi connectivity index (χ2v) is 3.88. The van der Waals surface area contributed by atoms with Crippen molar-refractivity contribution in [3.05, 3.63) is 30.0 Å². The molecule has 0 aliphatic rings. The van der Waals surface area contributed by atoms with Crippen molar-refractivity contribution in [2.24, 2.45) is 0 Å². The number of aromatic nitrogens is 1. The fourth-order valence-electron chi connectivity index (χ4n) is 1.71. The summed E-state index contributed by atoms with van der Waals surface area (Å²) in [5.74, 6) is 0.871. The van der Waals surface area contributed by atoms with Crippen LogP contribution in [0, 0.1) is 0 Å². The zero-order chi connectivity index (χ0) is 11.4. The number of unbranched alkanes of at least 4 members (excludes halogenated alkanes) is 1. The van der Waals surface area contributed by atoms with Gasteiger partial charge in [-0.3, -0.25) is 0 Å². The van der Waals surface area contributed by atoms with E-state index in [1.54, 1.807) is 0 Å². The molecule has 0 aliphatic heterocycles. The second kappa shape index (κ2) is 5.03. The van der Waals surface area contributed by atoms with Gasteiger partial charge in [0, 0.05) is 22.7 Å². The lowest BCUT2D eigenvalue weighted by atomic mass is 10.2. The molecule has 1 heterocycles. The van der Waals surface area contributed by atoms with Gasteiger partial charge in [0.15, 0.2) is 0 Å². The number of aliphatic hydroxyl groups excluding tert-OH is 1. The maximum absolute atomic E-state index is 9.17. The molecule has 0 unspecified atom stereocenters. The first kappa shape index (κ1) is 11.0. The third-order valence-electron chi connectivity index (χ3n) is 2.68. The van der Waals surface area contributed by atoms with Gasteiger partial charge in [-0.05, 0) is 24.6 Å². The monoisotopic (exact) mass is 219 g/mol. The number of nitrogens with one attached hydrogen (secondary N) is 1. The number of benzene rings is 1. The van der Waals surface area contributed by atoms with Gasteiger partial charge in [0.1, 0.15) is 5.75 Å². The van der Waals surface area contributed by atoms with Crippen LogP contribution in [0.4, 0.5) is 0 Å². The number of hydrogen-bond donors (Lipinski definition) is 2. The van der Waals surface area contributed by atoms with Crippen LogP contribution in [0.5, 0.6) is 5.75 Å². The Morgan fingerprint density at radius 2 is 2.25 bits per heavy atom. The molecule has 0 bridgehead atoms. The molecule has 0 amide bonds. The lowest BCUT2D eigenvalue weighted by molar-refractivity contribution is 0.283. The Kier molecular flexibility index (Phi) is 3.47. The van der Waals surface area contributed by atoms with E-state index in [1.165, 1.54) is 0 Å². The Labute approximate surface area is 95.1 Å². The number of fused-ring (bicyclic) bond motifs is 1. The van der Waals surface area contributed by atoms with Crippen molar-refractivity contribution in [2.75, 3.05) is 6.61 Å². The number of H-pyrrole nitrogens is 1. The summed E-state index contributed by atoms with van der Waals surface area (Å²) in [7, 11) is 0. The molecule has 2 N–H and O–H groups in total. The summed E-state index contributed by atoms with van der Waals surface area (Å²) in [4.78, 5) is 3.12. The molecule has 1 aromatic heterocycles. The molecule has 0 fully saturated rings. The summed E-state index contributed by atoms with van der Waals surface area (Å²) in [6.07, 6.45) is 4.03. The molecular weight excluding hydrogens is 202 g/mol. The molecule has 1 aromatic carbocycles. The SMILES string of the molecule is CCCCOc1ccc2[nH]cc(CO)c2c1. The Morgan fingerprint density at radius 3 is 3.00 bits per heavy atom. The summed E-state index contributed by atoms with van der Waals surface area (Å²) in [6.45, 7) is 2.95. The van der Waals surface area contributed by atoms with Crippen LogP contribution in [0.15, 0.2) is 24.4 Å². The average Bonchev–Trinajstić information content (AvgIpc) is 2.71. The van der Waals surface area contributed by atoms with Crippen LogP contribution >= 0.6 is 0 Å². The van der Waals surface area contributed by atoms with Crippen molar-refractivity contribution in [2.45, 2.75) is 26.4 Å². The third kappa shape index (κ3) is 2.19. The summed E-state index contributed by atoms with van der Waals surface area (Å²) in [5, 5.41) is 10.2. The third-order valence-corrected chi connectivity index (χ3v) is 2.68. The van der Waals surface area contributed by atoms with E-state index < -0.39 is 0 Å². The Bertz CT molecular complexity index is 462. The van der Waals surface area contributed by atoms with E-state index in [0.717, 1.165) is 41.7 Å². The number of hydrogen-bond acceptors (Lipinski definition) is 2. The predicted molar refractivity (Wildman–Crippen MR) is 64.6 cm³/mol. The van der Waals surface area contributed by atoms with Gasteiger partial charge in [-0.25, -0.2) is 0 Å². The van der Waals surface area contributed by atoms with Crippen molar-refractivity contribution < 1.29 is 9.84 Å². The zero-order valence-electron chi connectivity index (χ0n) is 9.49. The molecule has 3 nitrogen and oxygen atoms in total. The minimum Gasteiger partial charge on any atom is -0.494 e. The molecule has 3 heteroatoms. The normalized spacial score (nSPS) is 10.9. The largest absolute Gasteiger partial charge is 0.494 e. The maximum atomic E-state index is 9.17. The van der Waals surface area contributed by atoms with Crippen LogP contribution in [0.3, 0.4) is 0 Å². The highest BCUT2D eigenvalue weighted by Gasteiger charge is 2.03. The lowest BCUT2D eigenvalue weighted by Crippen LogP contribution is -1.96. The van der Waals surface area contributed by atoms with Gasteiger partial charge in [0.2, 0.25) is 0 Å². The minimum atomic E-state index is 0.0540. The molecule has 0 spiro atoms. The van der Waals surface area contributed by atoms with Gasteiger partial charge in [-0.1, -0.05) is 13.3 Å². The van der Waals surface area contributed by atoms with E-state index in [-0.39, 0.29) is 6.61 Å². The molecule has 2 aromatic rings. The number of aliphatic hydroxyl groups is 1. The standard InChI is InChI=1S/C13H17NO2/c1-2-3-6-16-11-4-5-13-12(7-11)10(9-15)8-14-13/h4-5,7-8,14-15H,2-3,6,9H2,1H3. The molecule has 0 saturated heterocycles. The van der Waals surface area contributed by atoms with E-state index in [9.17, 15) is 0 Å². The highest BCUT2D eigenvalue weighted by Crippen LogP contribution is 2.23. The highest BCUT2D eigenvalue weighted by molar-refractivity contribution is 5.84. The van der Waals surface area contributed by atoms with E-state index in [2.05, 4.69) is 11.9 Å². The molecule has 16 heavy (non-hydrogen) atoms. The Balaban J connectivity index is 2.20. The first-order valence-corrected chi connectivity index (χ1v) is 5.69. The fourth-order valence-corrected chi connectivity index (χ4v) is 1.71. The average molecular weight is 219 g/mol. The van der Waals surface area contributed by atoms with Crippen molar-refractivity contribution in [1.29, 1.82) is 0 Å². The van der Waals surface area contributed by atoms with Crippen LogP contribution in [0.25, 0.3) is 10.9 Å². The van der Waals surface area contributed by atoms with E-state index >= 15 is 0 Å². The quantitative estimate of drug-likeness (QED) is 0.759. The Morgan fingerprint density at radius 1 is 1.38 bits per heavy atom. The summed E-state index contributed by atoms with van der Waals surface area (Å²) >= 11 is 0. The molecular formula is C13H17NO2. The van der Waals surface area contributed by atoms with Crippen LogP contribution in [0.2, 0.25) is 0 Å². The van der Waals surface area contributed by atoms with Crippen LogP contribution in [-0.2, 0) is 6.61 Å². The summed E-state index contributed by atoms with van der Waals surface area (Å²) in [6, 6.07) is 5.92. The predicted octanol–water partition coefficient (Wildman–Crippen LogP) is 2.84. The van der Waals surface area contributed by atoms with E-state index in [1.807, 2.05) is 24.4 Å². The maximum Gasteiger partial charge on any atom is 0.120 e. The van der Waals surface area contributed by atoms with Crippen molar-refractivity contribution in [3.8, 4) is 5.75 Å². The molecule has 0 aliphatic carbocycles. The number of ether oxygens (including phenoxy) is 1. The number of rotatable bonds is 5. The second-order valence-electron chi connectivity index (χ2n) is 3.88. The van der Waals surface area contributed by atoms with Gasteiger partial charge in [-0.2, -0.15) is 0 Å². The molecule has 0 atom stereocenters. The fraction of sp³-hybridized carbons (Fsp3) is 0.385. The summed E-state index contributed by atoms with van der Waals surface area (Å²) in [5.41, 5.74) is 1.95. The van der Waals surface area contributed by atoms with Gasteiger partial charge < -0.3 is 14.8 Å². The van der Waals surface area contributed by atoms with Crippen molar-refractivity contribution >= 4 is 10.9 Å². The first-order valence-electron chi connectivity index (χ1n) is 5.69. The first-order chi connectivity index (χ1) is 7.85. The number of aromatic amines is 1. The van der Waals surface area contributed by atoms with Crippen molar-refractivity contribution in [1.82, 2.24) is 4.98 Å². The van der Waals surface area contributed by atoms with Gasteiger partial charge >= 0.3 is 0 Å². The van der Waals surface area contributed by atoms with E-state index in [4.69, 9.17) is 9.84 Å². The molecule has 0 saturated carbocycles. The molecule has 0 radical (unpaired) electrons. The van der Waals surface area contributed by atoms with Crippen molar-refractivity contribution in [3.63, 3.8) is 0 Å². The smallest absolute Gasteiger partial charge is 0.120 e.